The maximum atomic E-state index is 10.9. The Morgan fingerprint density at radius 2 is 2.11 bits per heavy atom. The normalized spacial score (nSPS) is 24.1. The largest absolute Gasteiger partial charge is 0.694 e. The molecule has 0 aromatic carbocycles. The van der Waals surface area contributed by atoms with Gasteiger partial charge in [-0.05, 0) is 18.1 Å². The second kappa shape index (κ2) is 7.73. The minimum Gasteiger partial charge on any atom is -0.409 e. The Labute approximate surface area is 165 Å². The van der Waals surface area contributed by atoms with Gasteiger partial charge in [0.05, 0.1) is 18.5 Å². The summed E-state index contributed by atoms with van der Waals surface area (Å²) in [5.41, 5.74) is 6.95. The summed E-state index contributed by atoms with van der Waals surface area (Å²) < 4.78 is 30.3. The zero-order chi connectivity index (χ0) is 20.7. The monoisotopic (exact) mass is 428 g/mol. The molecule has 3 N–H and O–H groups in total. The van der Waals surface area contributed by atoms with E-state index in [-0.39, 0.29) is 23.9 Å². The Morgan fingerprint density at radius 1 is 1.39 bits per heavy atom. The van der Waals surface area contributed by atoms with Crippen molar-refractivity contribution >= 4 is 33.6 Å². The molecule has 0 amide bonds. The molecule has 2 unspecified atom stereocenters. The topological polar surface area (TPSA) is 135 Å². The maximum absolute atomic E-state index is 10.9. The van der Waals surface area contributed by atoms with Gasteiger partial charge in [-0.1, -0.05) is 20.8 Å². The van der Waals surface area contributed by atoms with Gasteiger partial charge in [-0.25, -0.2) is 15.0 Å². The molecule has 28 heavy (non-hydrogen) atoms. The van der Waals surface area contributed by atoms with Crippen LogP contribution in [0.4, 0.5) is 5.82 Å². The van der Waals surface area contributed by atoms with Gasteiger partial charge in [-0.3, -0.25) is 4.57 Å². The lowest BCUT2D eigenvalue weighted by Crippen LogP contribution is -2.45. The van der Waals surface area contributed by atoms with Crippen LogP contribution in [-0.2, 0) is 18.3 Å². The van der Waals surface area contributed by atoms with E-state index in [0.29, 0.717) is 23.4 Å². The van der Waals surface area contributed by atoms with E-state index >= 15 is 0 Å². The number of rotatable bonds is 6. The standard InChI is InChI=1S/C16H26N5O5PSi/c1-16(2,3)28(4,5)26-11-6-10(7-24-27(22)23)25-15(11)21-9-20-12-13(17)18-8-19-14(12)21/h8-11,15H,6-7H2,1-5H3,(H2-,17,18,19,22,23)/p+1/t10-,11?,15+/m0/s1. The Bertz CT molecular complexity index is 871. The molecule has 1 aliphatic heterocycles. The summed E-state index contributed by atoms with van der Waals surface area (Å²) in [5.74, 6) is 0.292. The van der Waals surface area contributed by atoms with E-state index in [0.717, 1.165) is 0 Å². The number of nitrogens with two attached hydrogens (primary N) is 1. The number of fused-ring (bicyclic) bond motifs is 1. The summed E-state index contributed by atoms with van der Waals surface area (Å²) in [6.07, 6.45) is 2.35. The summed E-state index contributed by atoms with van der Waals surface area (Å²) in [6.45, 7) is 10.9. The number of hydrogen-bond donors (Lipinski definition) is 2. The number of anilines is 1. The van der Waals surface area contributed by atoms with Crippen molar-refractivity contribution in [1.82, 2.24) is 19.5 Å². The molecular weight excluding hydrogens is 401 g/mol. The molecule has 4 atom stereocenters. The van der Waals surface area contributed by atoms with Crippen LogP contribution in [0.15, 0.2) is 12.7 Å². The van der Waals surface area contributed by atoms with E-state index in [1.807, 2.05) is 0 Å². The van der Waals surface area contributed by atoms with Crippen LogP contribution in [0, 0.1) is 0 Å². The highest BCUT2D eigenvalue weighted by molar-refractivity contribution is 7.32. The Hall–Kier alpha value is -1.49. The minimum atomic E-state index is -2.69. The first-order valence-electron chi connectivity index (χ1n) is 9.05. The van der Waals surface area contributed by atoms with Crippen molar-refractivity contribution in [3.8, 4) is 0 Å². The highest BCUT2D eigenvalue weighted by Gasteiger charge is 2.46. The Balaban J connectivity index is 1.92. The van der Waals surface area contributed by atoms with Gasteiger partial charge in [0.1, 0.15) is 18.5 Å². The number of imidazole rings is 1. The quantitative estimate of drug-likeness (QED) is 0.526. The van der Waals surface area contributed by atoms with Crippen molar-refractivity contribution in [2.75, 3.05) is 12.3 Å². The fraction of sp³-hybridized carbons (Fsp3) is 0.688. The molecule has 3 rings (SSSR count). The van der Waals surface area contributed by atoms with E-state index in [2.05, 4.69) is 48.8 Å². The average molecular weight is 428 g/mol. The molecule has 10 nitrogen and oxygen atoms in total. The Morgan fingerprint density at radius 3 is 2.75 bits per heavy atom. The highest BCUT2D eigenvalue weighted by atomic mass is 31.1. The van der Waals surface area contributed by atoms with Gasteiger partial charge >= 0.3 is 8.25 Å². The molecule has 0 spiro atoms. The first kappa shape index (κ1) is 21.2. The van der Waals surface area contributed by atoms with Crippen molar-refractivity contribution in [1.29, 1.82) is 0 Å². The van der Waals surface area contributed by atoms with Crippen LogP contribution in [0.25, 0.3) is 11.2 Å². The molecule has 1 aliphatic rings. The van der Waals surface area contributed by atoms with Crippen LogP contribution in [0.1, 0.15) is 33.4 Å². The highest BCUT2D eigenvalue weighted by Crippen LogP contribution is 2.42. The van der Waals surface area contributed by atoms with Crippen LogP contribution >= 0.6 is 8.25 Å². The van der Waals surface area contributed by atoms with Gasteiger partial charge in [0.25, 0.3) is 0 Å². The van der Waals surface area contributed by atoms with E-state index < -0.39 is 22.8 Å². The van der Waals surface area contributed by atoms with Crippen molar-refractivity contribution in [2.24, 2.45) is 0 Å². The third kappa shape index (κ3) is 4.24. The second-order valence-electron chi connectivity index (χ2n) is 8.42. The van der Waals surface area contributed by atoms with Crippen LogP contribution < -0.4 is 5.73 Å². The molecule has 2 aromatic heterocycles. The first-order valence-corrected chi connectivity index (χ1v) is 13.1. The number of nitrogens with zero attached hydrogens (tertiary/aromatic N) is 4. The average Bonchev–Trinajstić information content (AvgIpc) is 3.16. The van der Waals surface area contributed by atoms with Gasteiger partial charge < -0.3 is 14.9 Å². The summed E-state index contributed by atoms with van der Waals surface area (Å²) in [4.78, 5) is 21.5. The predicted octanol–water partition coefficient (Wildman–Crippen LogP) is 2.75. The molecule has 1 fully saturated rings. The molecule has 2 aromatic rings. The second-order valence-corrected chi connectivity index (χ2v) is 13.9. The fourth-order valence-corrected chi connectivity index (χ4v) is 4.55. The summed E-state index contributed by atoms with van der Waals surface area (Å²) in [7, 11) is -4.78. The van der Waals surface area contributed by atoms with Gasteiger partial charge in [-0.15, -0.1) is 9.42 Å². The van der Waals surface area contributed by atoms with Gasteiger partial charge in [0, 0.05) is 11.0 Å². The fourth-order valence-electron chi connectivity index (χ4n) is 2.93. The van der Waals surface area contributed by atoms with Crippen LogP contribution in [-0.4, -0.2) is 51.5 Å². The molecule has 3 heterocycles. The van der Waals surface area contributed by atoms with E-state index in [9.17, 15) is 4.57 Å². The zero-order valence-corrected chi connectivity index (χ0v) is 18.6. The number of aromatic nitrogens is 4. The number of ether oxygens (including phenoxy) is 1. The lowest BCUT2D eigenvalue weighted by atomic mass is 10.2. The van der Waals surface area contributed by atoms with Crippen molar-refractivity contribution in [2.45, 2.75) is 63.8 Å². The van der Waals surface area contributed by atoms with Crippen LogP contribution in [0.2, 0.25) is 18.1 Å². The molecule has 1 saturated heterocycles. The van der Waals surface area contributed by atoms with Crippen molar-refractivity contribution < 1.29 is 23.1 Å². The Kier molecular flexibility index (Phi) is 5.86. The van der Waals surface area contributed by atoms with E-state index in [4.69, 9.17) is 24.3 Å². The van der Waals surface area contributed by atoms with Gasteiger partial charge in [0.15, 0.2) is 26.0 Å². The smallest absolute Gasteiger partial charge is 0.409 e. The molecule has 154 valence electrons. The van der Waals surface area contributed by atoms with E-state index in [1.54, 1.807) is 10.9 Å². The molecule has 0 aliphatic carbocycles. The summed E-state index contributed by atoms with van der Waals surface area (Å²) in [6, 6.07) is 0. The molecule has 12 heteroatoms. The van der Waals surface area contributed by atoms with Crippen LogP contribution in [0.5, 0.6) is 0 Å². The molecular formula is C16H27N5O5PSi+. The predicted molar refractivity (Wildman–Crippen MR) is 106 cm³/mol. The van der Waals surface area contributed by atoms with E-state index in [1.165, 1.54) is 6.33 Å². The number of nitrogen functional groups attached to an aromatic ring is 1. The molecule has 0 radical (unpaired) electrons. The zero-order valence-electron chi connectivity index (χ0n) is 16.7. The molecule has 0 saturated carbocycles. The third-order valence-corrected chi connectivity index (χ3v) is 10.3. The first-order chi connectivity index (χ1) is 13.0. The van der Waals surface area contributed by atoms with Gasteiger partial charge in [-0.2, -0.15) is 0 Å². The van der Waals surface area contributed by atoms with Crippen molar-refractivity contribution in [3.63, 3.8) is 0 Å². The lowest BCUT2D eigenvalue weighted by Gasteiger charge is -2.39. The van der Waals surface area contributed by atoms with Crippen LogP contribution in [0.3, 0.4) is 0 Å². The SMILES string of the molecule is CC(C)(C)[Si](C)(C)OC1C[C@@H](CO[P+](=O)O)O[C@H]1n1cnc2c(N)ncnc21. The summed E-state index contributed by atoms with van der Waals surface area (Å²) >= 11 is 0. The third-order valence-electron chi connectivity index (χ3n) is 5.43. The maximum Gasteiger partial charge on any atom is 0.694 e. The number of hydrogen-bond acceptors (Lipinski definition) is 8. The summed E-state index contributed by atoms with van der Waals surface area (Å²) in [5, 5.41) is 0.0180. The van der Waals surface area contributed by atoms with Crippen molar-refractivity contribution in [3.05, 3.63) is 12.7 Å². The molecule has 0 bridgehead atoms. The minimum absolute atomic E-state index is 0.00329. The lowest BCUT2D eigenvalue weighted by molar-refractivity contribution is -0.0431. The van der Waals surface area contributed by atoms with Gasteiger partial charge in [0.2, 0.25) is 0 Å².